The predicted molar refractivity (Wildman–Crippen MR) is 332 cm³/mol. The molecule has 15 heteroatoms. The molecule has 2 aliphatic rings. The van der Waals surface area contributed by atoms with Crippen molar-refractivity contribution in [1.82, 2.24) is 5.32 Å². The molecule has 0 spiro atoms. The molecule has 0 amide bonds. The zero-order valence-corrected chi connectivity index (χ0v) is 53.8. The number of ketones is 5. The summed E-state index contributed by atoms with van der Waals surface area (Å²) < 4.78 is 46.2. The number of nitrogens with one attached hydrogen (secondary N) is 1. The van der Waals surface area contributed by atoms with Crippen molar-refractivity contribution in [2.45, 2.75) is 237 Å². The summed E-state index contributed by atoms with van der Waals surface area (Å²) >= 11 is 0. The molecule has 5 atom stereocenters. The number of likely N-dealkylation sites (N-methyl/N-ethyl adjacent to an activating group) is 1. The third-order valence-electron chi connectivity index (χ3n) is 16.9. The van der Waals surface area contributed by atoms with Gasteiger partial charge in [-0.15, -0.1) is 0 Å². The maximum atomic E-state index is 12.1. The first kappa shape index (κ1) is 88.6. The van der Waals surface area contributed by atoms with Crippen molar-refractivity contribution in [3.63, 3.8) is 0 Å². The average Bonchev–Trinajstić information content (AvgIpc) is 3.36. The van der Waals surface area contributed by atoms with Gasteiger partial charge in [0, 0.05) is 10.8 Å². The molecule has 0 aromatic heterocycles. The molecule has 12 nitrogen and oxygen atoms in total. The number of alkyl halides is 3. The fourth-order valence-corrected chi connectivity index (χ4v) is 7.83. The molecule has 3 N–H and O–H groups in total. The fourth-order valence-electron chi connectivity index (χ4n) is 7.83. The minimum atomic E-state index is -4.53. The van der Waals surface area contributed by atoms with E-state index < -0.39 is 40.3 Å². The molecular formula is C67H118F3NO11. The van der Waals surface area contributed by atoms with Crippen LogP contribution in [-0.4, -0.2) is 96.3 Å². The van der Waals surface area contributed by atoms with Gasteiger partial charge in [0.05, 0.1) is 48.1 Å². The van der Waals surface area contributed by atoms with Gasteiger partial charge in [0.15, 0.2) is 11.3 Å². The van der Waals surface area contributed by atoms with E-state index in [0.29, 0.717) is 75.5 Å². The third-order valence-corrected chi connectivity index (χ3v) is 16.9. The summed E-state index contributed by atoms with van der Waals surface area (Å²) in [5, 5.41) is 20.1. The summed E-state index contributed by atoms with van der Waals surface area (Å²) in [7, 11) is 1.11. The van der Waals surface area contributed by atoms with Crippen LogP contribution in [0, 0.1) is 44.3 Å². The first-order chi connectivity index (χ1) is 36.7. The van der Waals surface area contributed by atoms with Crippen molar-refractivity contribution >= 4 is 40.9 Å². The smallest absolute Gasteiger partial charge is 0.413 e. The van der Waals surface area contributed by atoms with E-state index in [9.17, 15) is 46.7 Å². The van der Waals surface area contributed by atoms with E-state index in [4.69, 9.17) is 19.7 Å². The monoisotopic (exact) mass is 1170 g/mol. The summed E-state index contributed by atoms with van der Waals surface area (Å²) in [6.07, 6.45) is 2.71. The van der Waals surface area contributed by atoms with Crippen LogP contribution in [0.4, 0.5) is 13.2 Å². The molecule has 2 aromatic rings. The molecule has 2 heterocycles. The number of carboxylic acid groups (broad SMARTS) is 2. The normalized spacial score (nSPS) is 16.8. The van der Waals surface area contributed by atoms with Gasteiger partial charge in [-0.1, -0.05) is 172 Å². The lowest BCUT2D eigenvalue weighted by Gasteiger charge is -2.38. The van der Waals surface area contributed by atoms with Crippen LogP contribution in [0.3, 0.4) is 0 Å². The van der Waals surface area contributed by atoms with Crippen molar-refractivity contribution in [2.75, 3.05) is 33.5 Å². The van der Waals surface area contributed by atoms with Crippen LogP contribution in [0.1, 0.15) is 223 Å². The lowest BCUT2D eigenvalue weighted by molar-refractivity contribution is -0.192. The van der Waals surface area contributed by atoms with Gasteiger partial charge in [-0.3, -0.25) is 33.6 Å². The number of carbonyl (C=O) groups is 7. The molecule has 2 aromatic carbocycles. The van der Waals surface area contributed by atoms with E-state index in [2.05, 4.69) is 48.5 Å². The van der Waals surface area contributed by atoms with Crippen LogP contribution in [0.15, 0.2) is 60.7 Å². The van der Waals surface area contributed by atoms with Gasteiger partial charge in [-0.25, -0.2) is 0 Å². The van der Waals surface area contributed by atoms with E-state index in [1.807, 2.05) is 114 Å². The van der Waals surface area contributed by atoms with Crippen LogP contribution in [0.2, 0.25) is 0 Å². The minimum Gasteiger partial charge on any atom is -0.481 e. The Kier molecular flexibility index (Phi) is 44.8. The molecule has 0 radical (unpaired) electrons. The van der Waals surface area contributed by atoms with Gasteiger partial charge in [0.2, 0.25) is 0 Å². The summed E-state index contributed by atoms with van der Waals surface area (Å²) in [6.45, 7) is 43.2. The van der Waals surface area contributed by atoms with Crippen LogP contribution >= 0.6 is 0 Å². The number of carboxylic acids is 2. The topological polar surface area (TPSA) is 190 Å². The zero-order valence-electron chi connectivity index (χ0n) is 53.8. The number of hydrogen-bond donors (Lipinski definition) is 3. The van der Waals surface area contributed by atoms with Gasteiger partial charge in [-0.2, -0.15) is 13.2 Å². The van der Waals surface area contributed by atoms with Gasteiger partial charge in [0.1, 0.15) is 23.1 Å². The second-order valence-corrected chi connectivity index (χ2v) is 23.1. The Bertz CT molecular complexity index is 2010. The summed E-state index contributed by atoms with van der Waals surface area (Å²) in [5.41, 5.74) is -1.89. The molecule has 0 bridgehead atoms. The molecule has 0 saturated carbocycles. The number of benzene rings is 2. The highest BCUT2D eigenvalue weighted by Crippen LogP contribution is 2.35. The predicted octanol–water partition coefficient (Wildman–Crippen LogP) is 16.6. The SMILES string of the molecule is C.C.CC.CCC(C)(C(C)=O)C(C)C.CCC(C)(CC(C)C)C(C)=O.CCC(C)(Cc1ccccc1)C(=O)O.CCC(C)(Cc1ccccc1)C(=O)O.CCC1(C(C)=O)COC1.CCC1(C(C)=O)COC1.CNC(C)(C(C)=O)C(F)(F)F. The zero-order chi connectivity index (χ0) is 63.7. The van der Waals surface area contributed by atoms with Crippen LogP contribution in [-0.2, 0) is 55.9 Å². The number of carbonyl (C=O) groups excluding carboxylic acids is 5. The Morgan fingerprint density at radius 2 is 0.841 bits per heavy atom. The van der Waals surface area contributed by atoms with E-state index in [1.165, 1.54) is 0 Å². The van der Waals surface area contributed by atoms with Gasteiger partial charge in [0.25, 0.3) is 0 Å². The maximum absolute atomic E-state index is 12.1. The average molecular weight is 1170 g/mol. The molecular weight excluding hydrogens is 1050 g/mol. The molecule has 82 heavy (non-hydrogen) atoms. The van der Waals surface area contributed by atoms with Gasteiger partial charge >= 0.3 is 18.1 Å². The Hall–Kier alpha value is -4.60. The van der Waals surface area contributed by atoms with Crippen molar-refractivity contribution in [3.8, 4) is 0 Å². The summed E-state index contributed by atoms with van der Waals surface area (Å²) in [6, 6.07) is 19.5. The lowest BCUT2D eigenvalue weighted by Crippen LogP contribution is -2.57. The van der Waals surface area contributed by atoms with Gasteiger partial charge in [-0.05, 0) is 143 Å². The Balaban J connectivity index is -0.000000205. The quantitative estimate of drug-likeness (QED) is 0.107. The summed E-state index contributed by atoms with van der Waals surface area (Å²) in [4.78, 5) is 76.8. The van der Waals surface area contributed by atoms with E-state index in [-0.39, 0.29) is 48.1 Å². The first-order valence-corrected chi connectivity index (χ1v) is 28.7. The van der Waals surface area contributed by atoms with E-state index in [1.54, 1.807) is 41.5 Å². The molecule has 0 aliphatic carbocycles. The van der Waals surface area contributed by atoms with Crippen LogP contribution in [0.25, 0.3) is 0 Å². The van der Waals surface area contributed by atoms with Crippen molar-refractivity contribution in [1.29, 1.82) is 0 Å². The molecule has 478 valence electrons. The molecule has 4 rings (SSSR count). The number of rotatable bonds is 21. The molecule has 2 fully saturated rings. The van der Waals surface area contributed by atoms with Crippen molar-refractivity contribution in [3.05, 3.63) is 71.8 Å². The summed E-state index contributed by atoms with van der Waals surface area (Å²) in [5.74, 6) is -0.120. The fraction of sp³-hybridized carbons (Fsp3) is 0.716. The van der Waals surface area contributed by atoms with Crippen molar-refractivity contribution < 1.29 is 66.4 Å². The standard InChI is InChI=1S/2C12H16O2.C10H20O.C9H18O.2C7H12O2.C6H10F3NO.C2H6.2CH4/c2*1-3-12(2,11(13)14)9-10-7-5-4-6-8-10;1-6-10(5,9(4)11)7-8(2)3;1-6-9(5,7(2)3)8(4)10;2*1-3-7(6(2)8)4-9-5-7;1-4(11)5(2,10-3)6(7,8)9;1-2;;/h2*4-8H,3,9H2,1-2H3,(H,13,14);8H,6-7H2,1-5H3;7H,6H2,1-5H3;2*3-5H2,1-2H3;10H,1-3H3;1-2H3;2*1H4. The van der Waals surface area contributed by atoms with Crippen molar-refractivity contribution in [2.24, 2.45) is 44.3 Å². The van der Waals surface area contributed by atoms with E-state index >= 15 is 0 Å². The highest BCUT2D eigenvalue weighted by Gasteiger charge is 2.53. The highest BCUT2D eigenvalue weighted by molar-refractivity contribution is 5.87. The van der Waals surface area contributed by atoms with Crippen LogP contribution in [0.5, 0.6) is 0 Å². The van der Waals surface area contributed by atoms with Gasteiger partial charge < -0.3 is 25.0 Å². The lowest BCUT2D eigenvalue weighted by atomic mass is 9.74. The molecule has 5 unspecified atom stereocenters. The number of hydrogen-bond acceptors (Lipinski definition) is 10. The maximum Gasteiger partial charge on any atom is 0.413 e. The molecule has 2 aliphatic heterocycles. The molecule has 2 saturated heterocycles. The second-order valence-electron chi connectivity index (χ2n) is 23.1. The third kappa shape index (κ3) is 28.8. The number of ether oxygens (including phenoxy) is 2. The van der Waals surface area contributed by atoms with E-state index in [0.717, 1.165) is 64.1 Å². The largest absolute Gasteiger partial charge is 0.481 e. The Morgan fingerprint density at radius 3 is 0.927 bits per heavy atom. The second kappa shape index (κ2) is 41.4. The number of halogens is 3. The van der Waals surface area contributed by atoms with Crippen LogP contribution < -0.4 is 5.32 Å². The minimum absolute atomic E-state index is 0. The number of Topliss-reactive ketones (excluding diaryl/α,β-unsaturated/α-hetero) is 5. The Labute approximate surface area is 497 Å². The first-order valence-electron chi connectivity index (χ1n) is 28.7. The highest BCUT2D eigenvalue weighted by atomic mass is 19.4. The Morgan fingerprint density at radius 1 is 0.537 bits per heavy atom. The number of aliphatic carboxylic acids is 2.